The monoisotopic (exact) mass is 265 g/mol. The van der Waals surface area contributed by atoms with E-state index < -0.39 is 5.91 Å². The average Bonchev–Trinajstić information content (AvgIpc) is 2.66. The second kappa shape index (κ2) is 5.25. The van der Waals surface area contributed by atoms with Crippen LogP contribution in [-0.2, 0) is 0 Å². The van der Waals surface area contributed by atoms with Crippen molar-refractivity contribution in [3.05, 3.63) is 10.4 Å². The molecule has 1 aromatic rings. The number of nitrogens with two attached hydrogens (primary N) is 2. The van der Waals surface area contributed by atoms with Crippen molar-refractivity contribution in [2.75, 3.05) is 24.1 Å². The van der Waals surface area contributed by atoms with E-state index in [0.29, 0.717) is 9.88 Å². The van der Waals surface area contributed by atoms with Crippen molar-refractivity contribution in [2.24, 2.45) is 5.73 Å². The van der Waals surface area contributed by atoms with E-state index >= 15 is 0 Å². The number of nitrogen functional groups attached to an aromatic ring is 1. The molecule has 0 radical (unpaired) electrons. The van der Waals surface area contributed by atoms with Gasteiger partial charge in [-0.3, -0.25) is 4.79 Å². The Labute approximate surface area is 109 Å². The summed E-state index contributed by atoms with van der Waals surface area (Å²) in [6, 6.07) is 2.27. The molecule has 2 rings (SSSR count). The number of hydrogen-bond donors (Lipinski definition) is 4. The Morgan fingerprint density at radius 2 is 2.17 bits per heavy atom. The number of nitrogens with one attached hydrogen (secondary N) is 2. The predicted octanol–water partition coefficient (Wildman–Crippen LogP) is 0.465. The van der Waals surface area contributed by atoms with Gasteiger partial charge in [-0.15, -0.1) is 11.3 Å². The van der Waals surface area contributed by atoms with Gasteiger partial charge in [0.25, 0.3) is 5.91 Å². The van der Waals surface area contributed by atoms with Crippen molar-refractivity contribution in [1.29, 1.82) is 5.26 Å². The van der Waals surface area contributed by atoms with Crippen LogP contribution in [0.1, 0.15) is 28.1 Å². The highest BCUT2D eigenvalue weighted by molar-refractivity contribution is 7.17. The highest BCUT2D eigenvalue weighted by Gasteiger charge is 2.22. The first-order valence-corrected chi connectivity index (χ1v) is 6.54. The van der Waals surface area contributed by atoms with Crippen molar-refractivity contribution in [3.63, 3.8) is 0 Å². The van der Waals surface area contributed by atoms with Gasteiger partial charge in [-0.2, -0.15) is 5.26 Å². The van der Waals surface area contributed by atoms with E-state index in [4.69, 9.17) is 16.7 Å². The third-order valence-electron chi connectivity index (χ3n) is 2.97. The second-order valence-electron chi connectivity index (χ2n) is 4.19. The Bertz CT molecular complexity index is 498. The largest absolute Gasteiger partial charge is 0.396 e. The van der Waals surface area contributed by atoms with Gasteiger partial charge in [-0.25, -0.2) is 0 Å². The maximum atomic E-state index is 11.4. The molecule has 0 saturated carbocycles. The van der Waals surface area contributed by atoms with Crippen LogP contribution in [0.2, 0.25) is 0 Å². The summed E-state index contributed by atoms with van der Waals surface area (Å²) in [5.74, 6) is -0.596. The molecule has 0 aliphatic carbocycles. The van der Waals surface area contributed by atoms with Crippen LogP contribution >= 0.6 is 11.3 Å². The zero-order valence-electron chi connectivity index (χ0n) is 9.82. The quantitative estimate of drug-likeness (QED) is 0.633. The molecule has 0 unspecified atom stereocenters. The van der Waals surface area contributed by atoms with Crippen LogP contribution in [-0.4, -0.2) is 25.0 Å². The van der Waals surface area contributed by atoms with Crippen LogP contribution < -0.4 is 22.1 Å². The van der Waals surface area contributed by atoms with Gasteiger partial charge < -0.3 is 22.1 Å². The van der Waals surface area contributed by atoms with Crippen LogP contribution in [0, 0.1) is 11.3 Å². The molecule has 18 heavy (non-hydrogen) atoms. The molecule has 0 atom stereocenters. The Balaban J connectivity index is 2.26. The summed E-state index contributed by atoms with van der Waals surface area (Å²) in [6.45, 7) is 1.88. The zero-order valence-corrected chi connectivity index (χ0v) is 10.6. The Morgan fingerprint density at radius 3 is 2.72 bits per heavy atom. The van der Waals surface area contributed by atoms with Crippen molar-refractivity contribution in [3.8, 4) is 6.07 Å². The number of amides is 1. The second-order valence-corrected chi connectivity index (χ2v) is 5.21. The first kappa shape index (κ1) is 12.7. The summed E-state index contributed by atoms with van der Waals surface area (Å²) < 4.78 is 0. The van der Waals surface area contributed by atoms with Crippen LogP contribution in [0.25, 0.3) is 0 Å². The maximum absolute atomic E-state index is 11.4. The van der Waals surface area contributed by atoms with E-state index in [9.17, 15) is 4.79 Å². The van der Waals surface area contributed by atoms with Crippen molar-refractivity contribution >= 4 is 27.9 Å². The van der Waals surface area contributed by atoms with Gasteiger partial charge in [-0.1, -0.05) is 0 Å². The number of hydrogen-bond acceptors (Lipinski definition) is 6. The summed E-state index contributed by atoms with van der Waals surface area (Å²) >= 11 is 1.19. The molecule has 1 saturated heterocycles. The molecule has 7 heteroatoms. The van der Waals surface area contributed by atoms with Crippen molar-refractivity contribution in [1.82, 2.24) is 5.32 Å². The number of thiophene rings is 1. The molecule has 2 heterocycles. The fourth-order valence-corrected chi connectivity index (χ4v) is 3.02. The third-order valence-corrected chi connectivity index (χ3v) is 4.01. The molecule has 1 aromatic heterocycles. The molecular weight excluding hydrogens is 250 g/mol. The molecule has 0 bridgehead atoms. The van der Waals surface area contributed by atoms with E-state index in [1.807, 2.05) is 6.07 Å². The third kappa shape index (κ3) is 2.39. The van der Waals surface area contributed by atoms with E-state index in [1.165, 1.54) is 11.3 Å². The van der Waals surface area contributed by atoms with Crippen molar-refractivity contribution < 1.29 is 4.79 Å². The minimum Gasteiger partial charge on any atom is -0.396 e. The van der Waals surface area contributed by atoms with Gasteiger partial charge in [0.1, 0.15) is 15.9 Å². The predicted molar refractivity (Wildman–Crippen MR) is 71.5 cm³/mol. The molecule has 1 aliphatic rings. The Morgan fingerprint density at radius 1 is 1.50 bits per heavy atom. The Hall–Kier alpha value is -1.78. The van der Waals surface area contributed by atoms with E-state index in [2.05, 4.69) is 10.6 Å². The number of nitrogens with zero attached hydrogens (tertiary/aromatic N) is 1. The lowest BCUT2D eigenvalue weighted by Crippen LogP contribution is -2.35. The van der Waals surface area contributed by atoms with Crippen molar-refractivity contribution in [2.45, 2.75) is 18.9 Å². The Kier molecular flexibility index (Phi) is 3.69. The van der Waals surface area contributed by atoms with Crippen LogP contribution in [0.15, 0.2) is 0 Å². The van der Waals surface area contributed by atoms with Gasteiger partial charge >= 0.3 is 0 Å². The molecule has 0 spiro atoms. The van der Waals surface area contributed by atoms with Gasteiger partial charge in [-0.05, 0) is 25.9 Å². The number of nitriles is 1. The lowest BCUT2D eigenvalue weighted by Gasteiger charge is -2.24. The summed E-state index contributed by atoms with van der Waals surface area (Å²) in [4.78, 5) is 11.7. The minimum absolute atomic E-state index is 0.187. The number of anilines is 2. The minimum atomic E-state index is -0.596. The zero-order chi connectivity index (χ0) is 13.1. The van der Waals surface area contributed by atoms with Gasteiger partial charge in [0.2, 0.25) is 0 Å². The van der Waals surface area contributed by atoms with E-state index in [0.717, 1.165) is 25.9 Å². The van der Waals surface area contributed by atoms with Crippen LogP contribution in [0.4, 0.5) is 10.7 Å². The van der Waals surface area contributed by atoms with E-state index in [1.54, 1.807) is 0 Å². The number of rotatable bonds is 3. The first-order valence-electron chi connectivity index (χ1n) is 5.73. The topological polar surface area (TPSA) is 117 Å². The fraction of sp³-hybridized carbons (Fsp3) is 0.455. The molecule has 1 amide bonds. The molecule has 0 aromatic carbocycles. The highest BCUT2D eigenvalue weighted by Crippen LogP contribution is 2.35. The van der Waals surface area contributed by atoms with Gasteiger partial charge in [0.15, 0.2) is 0 Å². The van der Waals surface area contributed by atoms with Crippen LogP contribution in [0.3, 0.4) is 0 Å². The highest BCUT2D eigenvalue weighted by atomic mass is 32.1. The van der Waals surface area contributed by atoms with Gasteiger partial charge in [0, 0.05) is 6.04 Å². The molecule has 96 valence electrons. The number of piperidine rings is 1. The lowest BCUT2D eigenvalue weighted by molar-refractivity contribution is 0.100. The van der Waals surface area contributed by atoms with Gasteiger partial charge in [0.05, 0.1) is 11.3 Å². The molecule has 1 fully saturated rings. The summed E-state index contributed by atoms with van der Waals surface area (Å²) in [5, 5.41) is 16.1. The van der Waals surface area contributed by atoms with Crippen LogP contribution in [0.5, 0.6) is 0 Å². The molecular formula is C11H15N5OS. The normalized spacial score (nSPS) is 16.2. The van der Waals surface area contributed by atoms with E-state index in [-0.39, 0.29) is 17.3 Å². The molecule has 6 N–H and O–H groups in total. The summed E-state index contributed by atoms with van der Waals surface area (Å²) in [5.41, 5.74) is 11.5. The summed E-state index contributed by atoms with van der Waals surface area (Å²) in [7, 11) is 0. The smallest absolute Gasteiger partial charge is 0.253 e. The SMILES string of the molecule is N#Cc1sc(NC2CCNCC2)c(C(N)=O)c1N. The maximum Gasteiger partial charge on any atom is 0.253 e. The lowest BCUT2D eigenvalue weighted by atomic mass is 10.1. The first-order chi connectivity index (χ1) is 8.63. The number of primary amides is 1. The standard InChI is InChI=1S/C11H15N5OS/c12-5-7-9(13)8(10(14)17)11(18-7)16-6-1-3-15-4-2-6/h6,15-16H,1-4,13H2,(H2,14,17). The molecule has 6 nitrogen and oxygen atoms in total. The molecule has 1 aliphatic heterocycles. The summed E-state index contributed by atoms with van der Waals surface area (Å²) in [6.07, 6.45) is 1.94. The number of carbonyl (C=O) groups excluding carboxylic acids is 1. The number of carbonyl (C=O) groups is 1. The average molecular weight is 265 g/mol. The fourth-order valence-electron chi connectivity index (χ4n) is 2.02.